The van der Waals surface area contributed by atoms with Crippen molar-refractivity contribution in [2.24, 2.45) is 5.41 Å². The fourth-order valence-electron chi connectivity index (χ4n) is 0.581. The molecule has 0 fully saturated rings. The molecule has 3 heteroatoms. The summed E-state index contributed by atoms with van der Waals surface area (Å²) in [5, 5.41) is 17.4. The first-order valence-electron chi connectivity index (χ1n) is 3.90. The highest BCUT2D eigenvalue weighted by Crippen LogP contribution is 2.20. The zero-order chi connectivity index (χ0) is 9.78. The molecule has 0 saturated carbocycles. The minimum atomic E-state index is -0.899. The highest BCUT2D eigenvalue weighted by molar-refractivity contribution is 5.85. The van der Waals surface area contributed by atoms with Crippen molar-refractivity contribution < 1.29 is 15.0 Å². The molecule has 0 heterocycles. The minimum Gasteiger partial charge on any atom is -0.478 e. The first-order valence-corrected chi connectivity index (χ1v) is 3.90. The van der Waals surface area contributed by atoms with Crippen LogP contribution in [0.15, 0.2) is 11.6 Å². The van der Waals surface area contributed by atoms with E-state index >= 15 is 0 Å². The number of rotatable bonds is 4. The standard InChI is InChI=1S/C9H16O3/c1-7(8(11)12)4-5-9(2,3)6-10/h4,10H,5-6H2,1-3H3,(H,11,12)/b7-4+. The van der Waals surface area contributed by atoms with Gasteiger partial charge in [-0.3, -0.25) is 0 Å². The third kappa shape index (κ3) is 4.13. The second-order valence-corrected chi connectivity index (χ2v) is 3.72. The summed E-state index contributed by atoms with van der Waals surface area (Å²) in [6.07, 6.45) is 2.22. The summed E-state index contributed by atoms with van der Waals surface area (Å²) in [5.41, 5.74) is 0.105. The van der Waals surface area contributed by atoms with Crippen LogP contribution in [0.4, 0.5) is 0 Å². The van der Waals surface area contributed by atoms with Gasteiger partial charge >= 0.3 is 5.97 Å². The highest BCUT2D eigenvalue weighted by atomic mass is 16.4. The largest absolute Gasteiger partial charge is 0.478 e. The molecule has 0 aromatic rings. The lowest BCUT2D eigenvalue weighted by atomic mass is 9.90. The Morgan fingerprint density at radius 1 is 1.50 bits per heavy atom. The number of aliphatic hydroxyl groups is 1. The van der Waals surface area contributed by atoms with Crippen LogP contribution in [0.1, 0.15) is 27.2 Å². The molecule has 0 aliphatic rings. The third-order valence-electron chi connectivity index (χ3n) is 1.73. The van der Waals surface area contributed by atoms with E-state index in [4.69, 9.17) is 10.2 Å². The molecule has 0 unspecified atom stereocenters. The van der Waals surface area contributed by atoms with E-state index in [0.717, 1.165) is 0 Å². The van der Waals surface area contributed by atoms with Gasteiger partial charge in [-0.2, -0.15) is 0 Å². The fraction of sp³-hybridized carbons (Fsp3) is 0.667. The normalized spacial score (nSPS) is 13.2. The number of carbonyl (C=O) groups is 1. The first-order chi connectivity index (χ1) is 5.39. The minimum absolute atomic E-state index is 0.0659. The molecule has 0 aliphatic heterocycles. The van der Waals surface area contributed by atoms with Crippen molar-refractivity contribution in [3.63, 3.8) is 0 Å². The second-order valence-electron chi connectivity index (χ2n) is 3.72. The van der Waals surface area contributed by atoms with Gasteiger partial charge in [-0.15, -0.1) is 0 Å². The Morgan fingerprint density at radius 2 is 2.00 bits per heavy atom. The molecule has 70 valence electrons. The second kappa shape index (κ2) is 4.26. The van der Waals surface area contributed by atoms with Crippen molar-refractivity contribution in [2.75, 3.05) is 6.61 Å². The van der Waals surface area contributed by atoms with Gasteiger partial charge in [0.1, 0.15) is 0 Å². The van der Waals surface area contributed by atoms with Gasteiger partial charge in [0.15, 0.2) is 0 Å². The van der Waals surface area contributed by atoms with Crippen molar-refractivity contribution in [2.45, 2.75) is 27.2 Å². The molecule has 0 rings (SSSR count). The predicted molar refractivity (Wildman–Crippen MR) is 46.9 cm³/mol. The van der Waals surface area contributed by atoms with E-state index in [1.54, 1.807) is 13.0 Å². The van der Waals surface area contributed by atoms with Crippen LogP contribution >= 0.6 is 0 Å². The van der Waals surface area contributed by atoms with E-state index in [1.807, 2.05) is 13.8 Å². The molecule has 12 heavy (non-hydrogen) atoms. The summed E-state index contributed by atoms with van der Waals surface area (Å²) in [6, 6.07) is 0. The van der Waals surface area contributed by atoms with Gasteiger partial charge in [0.25, 0.3) is 0 Å². The zero-order valence-electron chi connectivity index (χ0n) is 7.79. The topological polar surface area (TPSA) is 57.5 Å². The number of aliphatic hydroxyl groups excluding tert-OH is 1. The Kier molecular flexibility index (Phi) is 3.96. The maximum atomic E-state index is 10.4. The van der Waals surface area contributed by atoms with Crippen LogP contribution in [-0.4, -0.2) is 22.8 Å². The number of hydrogen-bond donors (Lipinski definition) is 2. The molecular weight excluding hydrogens is 156 g/mol. The molecule has 0 spiro atoms. The lowest BCUT2D eigenvalue weighted by molar-refractivity contribution is -0.132. The molecule has 0 radical (unpaired) electrons. The summed E-state index contributed by atoms with van der Waals surface area (Å²) >= 11 is 0. The maximum Gasteiger partial charge on any atom is 0.330 e. The zero-order valence-corrected chi connectivity index (χ0v) is 7.79. The molecule has 0 aromatic carbocycles. The molecule has 0 aromatic heterocycles. The van der Waals surface area contributed by atoms with Gasteiger partial charge in [0.2, 0.25) is 0 Å². The van der Waals surface area contributed by atoms with Gasteiger partial charge in [-0.25, -0.2) is 4.79 Å². The van der Waals surface area contributed by atoms with Crippen LogP contribution < -0.4 is 0 Å². The lowest BCUT2D eigenvalue weighted by Gasteiger charge is -2.18. The SMILES string of the molecule is C/C(=C\CC(C)(C)CO)C(=O)O. The van der Waals surface area contributed by atoms with Crippen molar-refractivity contribution >= 4 is 5.97 Å². The van der Waals surface area contributed by atoms with Gasteiger partial charge in [-0.05, 0) is 18.8 Å². The van der Waals surface area contributed by atoms with E-state index in [9.17, 15) is 4.79 Å². The highest BCUT2D eigenvalue weighted by Gasteiger charge is 2.14. The maximum absolute atomic E-state index is 10.4. The Hall–Kier alpha value is -0.830. The number of allylic oxidation sites excluding steroid dienone is 1. The molecule has 2 N–H and O–H groups in total. The number of hydrogen-bond acceptors (Lipinski definition) is 2. The Morgan fingerprint density at radius 3 is 2.33 bits per heavy atom. The quantitative estimate of drug-likeness (QED) is 0.630. The van der Waals surface area contributed by atoms with E-state index in [1.165, 1.54) is 0 Å². The lowest BCUT2D eigenvalue weighted by Crippen LogP contribution is -2.15. The fourth-order valence-corrected chi connectivity index (χ4v) is 0.581. The van der Waals surface area contributed by atoms with Gasteiger partial charge in [0, 0.05) is 12.2 Å². The summed E-state index contributed by atoms with van der Waals surface area (Å²) in [6.45, 7) is 5.39. The summed E-state index contributed by atoms with van der Waals surface area (Å²) in [7, 11) is 0. The number of carboxylic acids is 1. The smallest absolute Gasteiger partial charge is 0.330 e. The molecule has 3 nitrogen and oxygen atoms in total. The summed E-state index contributed by atoms with van der Waals surface area (Å²) in [4.78, 5) is 10.4. The molecule has 0 aliphatic carbocycles. The van der Waals surface area contributed by atoms with Crippen LogP contribution in [0, 0.1) is 5.41 Å². The van der Waals surface area contributed by atoms with Gasteiger partial charge in [0.05, 0.1) is 0 Å². The van der Waals surface area contributed by atoms with Gasteiger partial charge < -0.3 is 10.2 Å². The van der Waals surface area contributed by atoms with Crippen LogP contribution in [0.5, 0.6) is 0 Å². The van der Waals surface area contributed by atoms with Crippen molar-refractivity contribution in [3.8, 4) is 0 Å². The molecule has 0 atom stereocenters. The van der Waals surface area contributed by atoms with E-state index in [0.29, 0.717) is 12.0 Å². The van der Waals surface area contributed by atoms with Crippen LogP contribution in [-0.2, 0) is 4.79 Å². The summed E-state index contributed by atoms with van der Waals surface area (Å²) in [5.74, 6) is -0.899. The van der Waals surface area contributed by atoms with E-state index in [2.05, 4.69) is 0 Å². The third-order valence-corrected chi connectivity index (χ3v) is 1.73. The monoisotopic (exact) mass is 172 g/mol. The van der Waals surface area contributed by atoms with Crippen LogP contribution in [0.3, 0.4) is 0 Å². The van der Waals surface area contributed by atoms with E-state index in [-0.39, 0.29) is 12.0 Å². The average Bonchev–Trinajstić information content (AvgIpc) is 2.00. The Balaban J connectivity index is 4.13. The number of aliphatic carboxylic acids is 1. The van der Waals surface area contributed by atoms with Crippen molar-refractivity contribution in [1.82, 2.24) is 0 Å². The predicted octanol–water partition coefficient (Wildman–Crippen LogP) is 1.43. The Bertz CT molecular complexity index is 192. The average molecular weight is 172 g/mol. The molecule has 0 saturated heterocycles. The van der Waals surface area contributed by atoms with Crippen LogP contribution in [0.25, 0.3) is 0 Å². The van der Waals surface area contributed by atoms with E-state index < -0.39 is 5.97 Å². The molecule has 0 amide bonds. The van der Waals surface area contributed by atoms with Crippen molar-refractivity contribution in [1.29, 1.82) is 0 Å². The Labute approximate surface area is 72.7 Å². The van der Waals surface area contributed by atoms with Crippen molar-refractivity contribution in [3.05, 3.63) is 11.6 Å². The van der Waals surface area contributed by atoms with Crippen LogP contribution in [0.2, 0.25) is 0 Å². The molecule has 0 bridgehead atoms. The first kappa shape index (κ1) is 11.2. The number of carboxylic acid groups (broad SMARTS) is 1. The summed E-state index contributed by atoms with van der Waals surface area (Å²) < 4.78 is 0. The van der Waals surface area contributed by atoms with Gasteiger partial charge in [-0.1, -0.05) is 19.9 Å². The molecular formula is C9H16O3.